The van der Waals surface area contributed by atoms with Crippen molar-refractivity contribution >= 4 is 0 Å². The van der Waals surface area contributed by atoms with Crippen LogP contribution in [0.15, 0.2) is 18.2 Å². The first kappa shape index (κ1) is 14.9. The molecule has 0 aliphatic heterocycles. The van der Waals surface area contributed by atoms with Gasteiger partial charge in [-0.25, -0.2) is 4.39 Å². The Labute approximate surface area is 109 Å². The van der Waals surface area contributed by atoms with Crippen molar-refractivity contribution in [2.75, 3.05) is 21.2 Å². The zero-order chi connectivity index (χ0) is 13.9. The van der Waals surface area contributed by atoms with Gasteiger partial charge in [-0.1, -0.05) is 13.0 Å². The molecule has 3 nitrogen and oxygen atoms in total. The Bertz CT molecular complexity index is 409. The molecule has 0 aliphatic carbocycles. The molecule has 0 spiro atoms. The zero-order valence-corrected chi connectivity index (χ0v) is 11.8. The molecule has 0 fully saturated rings. The molecule has 2 unspecified atom stereocenters. The van der Waals surface area contributed by atoms with Crippen molar-refractivity contribution in [3.05, 3.63) is 29.6 Å². The summed E-state index contributed by atoms with van der Waals surface area (Å²) in [4.78, 5) is 2.04. The Kier molecular flexibility index (Phi) is 4.71. The monoisotopic (exact) mass is 254 g/mol. The Balaban J connectivity index is 3.13. The maximum absolute atomic E-state index is 14.0. The van der Waals surface area contributed by atoms with E-state index in [2.05, 4.69) is 6.92 Å². The van der Waals surface area contributed by atoms with Crippen molar-refractivity contribution < 1.29 is 9.13 Å². The van der Waals surface area contributed by atoms with Crippen LogP contribution in [0.2, 0.25) is 0 Å². The number of ether oxygens (including phenoxy) is 1. The number of methoxy groups -OCH3 is 1. The molecule has 0 saturated carbocycles. The highest BCUT2D eigenvalue weighted by Crippen LogP contribution is 2.33. The quantitative estimate of drug-likeness (QED) is 0.877. The van der Waals surface area contributed by atoms with Crippen LogP contribution in [0.3, 0.4) is 0 Å². The van der Waals surface area contributed by atoms with Gasteiger partial charge in [0, 0.05) is 17.2 Å². The predicted octanol–water partition coefficient (Wildman–Crippen LogP) is 2.56. The van der Waals surface area contributed by atoms with Gasteiger partial charge in [-0.3, -0.25) is 0 Å². The molecule has 0 aliphatic rings. The molecule has 102 valence electrons. The van der Waals surface area contributed by atoms with Crippen LogP contribution in [0.1, 0.15) is 31.9 Å². The molecule has 0 radical (unpaired) electrons. The molecular formula is C14H23FN2O. The van der Waals surface area contributed by atoms with Gasteiger partial charge in [0.2, 0.25) is 0 Å². The summed E-state index contributed by atoms with van der Waals surface area (Å²) in [6, 6.07) is 4.43. The normalized spacial score (nSPS) is 16.4. The average molecular weight is 254 g/mol. The van der Waals surface area contributed by atoms with E-state index in [0.29, 0.717) is 11.3 Å². The van der Waals surface area contributed by atoms with Crippen molar-refractivity contribution in [3.63, 3.8) is 0 Å². The van der Waals surface area contributed by atoms with Gasteiger partial charge in [0.15, 0.2) is 0 Å². The summed E-state index contributed by atoms with van der Waals surface area (Å²) in [7, 11) is 5.44. The zero-order valence-electron chi connectivity index (χ0n) is 11.8. The van der Waals surface area contributed by atoms with E-state index in [9.17, 15) is 4.39 Å². The SMILES string of the molecule is CCC(C)(C(N)c1ccc(OC)cc1F)N(C)C. The first-order chi connectivity index (χ1) is 8.36. The van der Waals surface area contributed by atoms with Gasteiger partial charge in [-0.2, -0.15) is 0 Å². The van der Waals surface area contributed by atoms with E-state index in [0.717, 1.165) is 6.42 Å². The Hall–Kier alpha value is -1.13. The van der Waals surface area contributed by atoms with Crippen LogP contribution in [0, 0.1) is 5.82 Å². The topological polar surface area (TPSA) is 38.5 Å². The molecule has 2 atom stereocenters. The fourth-order valence-electron chi connectivity index (χ4n) is 2.04. The first-order valence-corrected chi connectivity index (χ1v) is 6.13. The van der Waals surface area contributed by atoms with E-state index in [4.69, 9.17) is 10.5 Å². The molecule has 0 saturated heterocycles. The summed E-state index contributed by atoms with van der Waals surface area (Å²) >= 11 is 0. The minimum atomic E-state index is -0.386. The Morgan fingerprint density at radius 3 is 2.44 bits per heavy atom. The summed E-state index contributed by atoms with van der Waals surface area (Å²) in [6.07, 6.45) is 0.840. The van der Waals surface area contributed by atoms with Crippen LogP contribution in [0.4, 0.5) is 4.39 Å². The van der Waals surface area contributed by atoms with Crippen LogP contribution >= 0.6 is 0 Å². The highest BCUT2D eigenvalue weighted by atomic mass is 19.1. The fraction of sp³-hybridized carbons (Fsp3) is 0.571. The molecule has 0 bridgehead atoms. The minimum absolute atomic E-state index is 0.282. The van der Waals surface area contributed by atoms with Crippen molar-refractivity contribution in [1.82, 2.24) is 4.90 Å². The molecule has 0 heterocycles. The van der Waals surface area contributed by atoms with Gasteiger partial charge in [0.1, 0.15) is 11.6 Å². The van der Waals surface area contributed by atoms with Crippen molar-refractivity contribution in [1.29, 1.82) is 0 Å². The van der Waals surface area contributed by atoms with Crippen molar-refractivity contribution in [2.45, 2.75) is 31.8 Å². The van der Waals surface area contributed by atoms with Gasteiger partial charge in [0.05, 0.1) is 13.2 Å². The maximum atomic E-state index is 14.0. The Morgan fingerprint density at radius 1 is 1.44 bits per heavy atom. The van der Waals surface area contributed by atoms with E-state index < -0.39 is 0 Å². The molecule has 0 aromatic heterocycles. The number of nitrogens with two attached hydrogens (primary N) is 1. The summed E-state index contributed by atoms with van der Waals surface area (Å²) in [6.45, 7) is 4.10. The second-order valence-corrected chi connectivity index (χ2v) is 4.97. The van der Waals surface area contributed by atoms with Crippen molar-refractivity contribution in [2.24, 2.45) is 5.73 Å². The second kappa shape index (κ2) is 5.67. The Morgan fingerprint density at radius 2 is 2.06 bits per heavy atom. The van der Waals surface area contributed by atoms with E-state index in [1.165, 1.54) is 13.2 Å². The largest absolute Gasteiger partial charge is 0.497 e. The summed E-state index contributed by atoms with van der Waals surface area (Å²) in [5, 5.41) is 0. The smallest absolute Gasteiger partial charge is 0.131 e. The molecule has 2 N–H and O–H groups in total. The molecule has 18 heavy (non-hydrogen) atoms. The number of nitrogens with zero attached hydrogens (tertiary/aromatic N) is 1. The van der Waals surface area contributed by atoms with Crippen LogP contribution in [0.5, 0.6) is 5.75 Å². The third kappa shape index (κ3) is 2.65. The van der Waals surface area contributed by atoms with Gasteiger partial charge in [-0.05, 0) is 33.5 Å². The molecular weight excluding hydrogens is 231 g/mol. The van der Waals surface area contributed by atoms with E-state index in [1.807, 2.05) is 25.9 Å². The highest BCUT2D eigenvalue weighted by molar-refractivity contribution is 5.32. The third-order valence-electron chi connectivity index (χ3n) is 3.95. The standard InChI is InChI=1S/C14H23FN2O/c1-6-14(2,17(3)4)13(16)11-8-7-10(18-5)9-12(11)15/h7-9,13H,6,16H2,1-5H3. The van der Waals surface area contributed by atoms with Gasteiger partial charge < -0.3 is 15.4 Å². The average Bonchev–Trinajstić information content (AvgIpc) is 2.36. The number of hydrogen-bond acceptors (Lipinski definition) is 3. The molecule has 1 aromatic rings. The molecule has 1 aromatic carbocycles. The number of halogens is 1. The number of rotatable bonds is 5. The van der Waals surface area contributed by atoms with E-state index in [1.54, 1.807) is 12.1 Å². The number of hydrogen-bond donors (Lipinski definition) is 1. The molecule has 0 amide bonds. The van der Waals surface area contributed by atoms with E-state index in [-0.39, 0.29) is 17.4 Å². The van der Waals surface area contributed by atoms with Crippen LogP contribution in [-0.4, -0.2) is 31.6 Å². The number of likely N-dealkylation sites (N-methyl/N-ethyl adjacent to an activating group) is 1. The lowest BCUT2D eigenvalue weighted by atomic mass is 9.84. The maximum Gasteiger partial charge on any atom is 0.131 e. The van der Waals surface area contributed by atoms with Gasteiger partial charge in [-0.15, -0.1) is 0 Å². The predicted molar refractivity (Wildman–Crippen MR) is 72.3 cm³/mol. The van der Waals surface area contributed by atoms with Crippen LogP contribution in [0.25, 0.3) is 0 Å². The summed E-state index contributed by atoms with van der Waals surface area (Å²) in [5.74, 6) is 0.190. The first-order valence-electron chi connectivity index (χ1n) is 6.13. The molecule has 1 rings (SSSR count). The summed E-state index contributed by atoms with van der Waals surface area (Å²) < 4.78 is 19.0. The fourth-order valence-corrected chi connectivity index (χ4v) is 2.04. The second-order valence-electron chi connectivity index (χ2n) is 4.97. The van der Waals surface area contributed by atoms with Gasteiger partial charge >= 0.3 is 0 Å². The highest BCUT2D eigenvalue weighted by Gasteiger charge is 2.34. The van der Waals surface area contributed by atoms with Crippen LogP contribution in [-0.2, 0) is 0 Å². The van der Waals surface area contributed by atoms with Crippen LogP contribution < -0.4 is 10.5 Å². The summed E-state index contributed by atoms with van der Waals surface area (Å²) in [5.41, 5.74) is 6.49. The lowest BCUT2D eigenvalue weighted by Gasteiger charge is -2.41. The molecule has 4 heteroatoms. The third-order valence-corrected chi connectivity index (χ3v) is 3.95. The lowest BCUT2D eigenvalue weighted by molar-refractivity contribution is 0.130. The lowest BCUT2D eigenvalue weighted by Crippen LogP contribution is -2.49. The van der Waals surface area contributed by atoms with Crippen molar-refractivity contribution in [3.8, 4) is 5.75 Å². The number of benzene rings is 1. The van der Waals surface area contributed by atoms with Gasteiger partial charge in [0.25, 0.3) is 0 Å². The van der Waals surface area contributed by atoms with E-state index >= 15 is 0 Å². The minimum Gasteiger partial charge on any atom is -0.497 e.